The Hall–Kier alpha value is -2.91. The van der Waals surface area contributed by atoms with Crippen LogP contribution in [0.4, 0.5) is 13.2 Å². The number of benzene rings is 1. The fourth-order valence-corrected chi connectivity index (χ4v) is 2.28. The fraction of sp³-hybridized carbons (Fsp3) is 0.333. The van der Waals surface area contributed by atoms with E-state index in [1.165, 1.54) is 13.8 Å². The van der Waals surface area contributed by atoms with Gasteiger partial charge in [0.15, 0.2) is 0 Å². The van der Waals surface area contributed by atoms with E-state index in [-0.39, 0.29) is 9.99 Å². The molecule has 0 amide bonds. The Bertz CT molecular complexity index is 931. The first-order valence-electron chi connectivity index (χ1n) is 7.03. The predicted octanol–water partition coefficient (Wildman–Crippen LogP) is 2.55. The Morgan fingerprint density at radius 1 is 1.28 bits per heavy atom. The molecule has 0 N–H and O–H groups in total. The molecule has 1 heterocycles. The number of carbonyl (C=O) groups excluding carboxylic acids is 2. The van der Waals surface area contributed by atoms with Gasteiger partial charge in [0.2, 0.25) is 11.5 Å². The number of aromatic nitrogens is 2. The van der Waals surface area contributed by atoms with E-state index < -0.39 is 51.0 Å². The highest BCUT2D eigenvalue weighted by atomic mass is 19.4. The van der Waals surface area contributed by atoms with Crippen LogP contribution in [0.5, 0.6) is 0 Å². The van der Waals surface area contributed by atoms with Crippen molar-refractivity contribution in [2.75, 3.05) is 7.11 Å². The van der Waals surface area contributed by atoms with Crippen molar-refractivity contribution in [1.82, 2.24) is 4.73 Å². The van der Waals surface area contributed by atoms with Crippen LogP contribution >= 0.6 is 0 Å². The summed E-state index contributed by atoms with van der Waals surface area (Å²) < 4.78 is 43.6. The molecule has 2 rings (SSSR count). The second-order valence-corrected chi connectivity index (χ2v) is 5.50. The quantitative estimate of drug-likeness (QED) is 0.477. The first-order chi connectivity index (χ1) is 11.5. The summed E-state index contributed by atoms with van der Waals surface area (Å²) >= 11 is 0. The van der Waals surface area contributed by atoms with Gasteiger partial charge in [-0.15, -0.1) is 0 Å². The van der Waals surface area contributed by atoms with Gasteiger partial charge in [-0.1, -0.05) is 13.8 Å². The van der Waals surface area contributed by atoms with Crippen molar-refractivity contribution >= 4 is 22.8 Å². The molecule has 0 aliphatic rings. The molecule has 0 spiro atoms. The molecule has 1 aromatic heterocycles. The number of ketones is 1. The van der Waals surface area contributed by atoms with E-state index in [1.54, 1.807) is 0 Å². The van der Waals surface area contributed by atoms with E-state index in [0.717, 1.165) is 25.3 Å². The first kappa shape index (κ1) is 18.4. The van der Waals surface area contributed by atoms with Gasteiger partial charge in [-0.05, 0) is 12.1 Å². The highest BCUT2D eigenvalue weighted by Crippen LogP contribution is 2.33. The van der Waals surface area contributed by atoms with E-state index in [9.17, 15) is 32.9 Å². The van der Waals surface area contributed by atoms with Gasteiger partial charge < -0.3 is 14.7 Å². The van der Waals surface area contributed by atoms with E-state index >= 15 is 0 Å². The summed E-state index contributed by atoms with van der Waals surface area (Å²) in [6.45, 7) is 2.60. The zero-order chi connectivity index (χ0) is 19.1. The maximum atomic E-state index is 13.3. The zero-order valence-corrected chi connectivity index (χ0v) is 13.4. The molecule has 134 valence electrons. The molecule has 0 aliphatic carbocycles. The lowest BCUT2D eigenvalue weighted by atomic mass is 10.0. The molecule has 25 heavy (non-hydrogen) atoms. The summed E-state index contributed by atoms with van der Waals surface area (Å²) in [5.74, 6) is -2.95. The summed E-state index contributed by atoms with van der Waals surface area (Å²) in [4.78, 5) is 36.1. The number of ether oxygens (including phenoxy) is 1. The van der Waals surface area contributed by atoms with Crippen molar-refractivity contribution in [3.8, 4) is 0 Å². The number of methoxy groups -OCH3 is 1. The molecule has 0 fully saturated rings. The monoisotopic (exact) mass is 358 g/mol. The van der Waals surface area contributed by atoms with Crippen LogP contribution in [0.15, 0.2) is 18.2 Å². The lowest BCUT2D eigenvalue weighted by Gasteiger charge is -2.20. The Kier molecular flexibility index (Phi) is 4.56. The molecule has 0 aliphatic heterocycles. The van der Waals surface area contributed by atoms with Crippen molar-refractivity contribution in [2.45, 2.75) is 20.0 Å². The van der Waals surface area contributed by atoms with Gasteiger partial charge in [-0.2, -0.15) is 13.2 Å². The van der Waals surface area contributed by atoms with Crippen LogP contribution in [-0.2, 0) is 10.9 Å². The largest absolute Gasteiger partial charge is 0.805 e. The Morgan fingerprint density at radius 2 is 1.88 bits per heavy atom. The fourth-order valence-electron chi connectivity index (χ4n) is 2.28. The second kappa shape index (κ2) is 6.19. The minimum Gasteiger partial charge on any atom is -0.805 e. The van der Waals surface area contributed by atoms with Crippen LogP contribution in [0.2, 0.25) is 0 Å². The summed E-state index contributed by atoms with van der Waals surface area (Å²) in [7, 11) is 1.08. The van der Waals surface area contributed by atoms with Crippen molar-refractivity contribution in [3.63, 3.8) is 0 Å². The summed E-state index contributed by atoms with van der Waals surface area (Å²) in [5, 5.41) is 12.2. The molecule has 0 unspecified atom stereocenters. The van der Waals surface area contributed by atoms with Crippen LogP contribution in [-0.4, -0.2) is 23.6 Å². The lowest BCUT2D eigenvalue weighted by molar-refractivity contribution is -0.470. The van der Waals surface area contributed by atoms with Gasteiger partial charge in [0.25, 0.3) is 5.52 Å². The number of Topliss-reactive ketones (excluding diaryl/α,β-unsaturated/α-hetero) is 1. The van der Waals surface area contributed by atoms with E-state index in [0.29, 0.717) is 0 Å². The molecule has 0 saturated heterocycles. The van der Waals surface area contributed by atoms with Gasteiger partial charge in [-0.3, -0.25) is 4.79 Å². The average Bonchev–Trinajstić information content (AvgIpc) is 2.54. The smallest absolute Gasteiger partial charge is 0.438 e. The van der Waals surface area contributed by atoms with Gasteiger partial charge in [0.05, 0.1) is 17.1 Å². The Labute approximate surface area is 138 Å². The molecule has 0 radical (unpaired) electrons. The molecular weight excluding hydrogens is 345 g/mol. The molecule has 0 atom stereocenters. The number of alkyl halides is 3. The van der Waals surface area contributed by atoms with Gasteiger partial charge in [0, 0.05) is 16.9 Å². The normalized spacial score (nSPS) is 11.8. The second-order valence-electron chi connectivity index (χ2n) is 5.50. The number of hydrogen-bond acceptors (Lipinski definition) is 5. The van der Waals surface area contributed by atoms with Crippen LogP contribution < -0.4 is 4.43 Å². The van der Waals surface area contributed by atoms with E-state index in [1.807, 2.05) is 0 Å². The highest BCUT2D eigenvalue weighted by molar-refractivity contribution is 5.97. The molecule has 0 saturated carbocycles. The third-order valence-corrected chi connectivity index (χ3v) is 3.49. The first-order valence-corrected chi connectivity index (χ1v) is 7.03. The van der Waals surface area contributed by atoms with Gasteiger partial charge in [0.1, 0.15) is 5.52 Å². The standard InChI is InChI=1S/C15H13F3N2O5/c1-7(2)12(21)11-13(15(16,17)18)20(24)9-5-4-8(14(22)25-3)6-10(9)19(11)23/h4-7H,1-3H3. The van der Waals surface area contributed by atoms with Crippen molar-refractivity contribution < 1.29 is 31.9 Å². The zero-order valence-electron chi connectivity index (χ0n) is 13.4. The minimum atomic E-state index is -5.22. The molecule has 7 nitrogen and oxygen atoms in total. The topological polar surface area (TPSA) is 94.3 Å². The summed E-state index contributed by atoms with van der Waals surface area (Å²) in [6, 6.07) is 2.84. The Balaban J connectivity index is 3.01. The number of fused-ring (bicyclic) bond motifs is 1. The number of rotatable bonds is 3. The molecule has 2 aromatic rings. The number of esters is 1. The number of hydrogen-bond donors (Lipinski definition) is 0. The van der Waals surface area contributed by atoms with Crippen LogP contribution in [0.25, 0.3) is 11.0 Å². The Morgan fingerprint density at radius 3 is 2.36 bits per heavy atom. The molecule has 0 bridgehead atoms. The third-order valence-electron chi connectivity index (χ3n) is 3.49. The SMILES string of the molecule is COC(=O)c1ccc2c(c1)[n+](=O)c(C(=O)C(C)C)c(C(F)(F)F)n2[O-]. The predicted molar refractivity (Wildman–Crippen MR) is 79.6 cm³/mol. The highest BCUT2D eigenvalue weighted by Gasteiger charge is 2.45. The summed E-state index contributed by atoms with van der Waals surface area (Å²) in [6.07, 6.45) is -5.22. The van der Waals surface area contributed by atoms with Crippen molar-refractivity contribution in [3.05, 3.63) is 45.3 Å². The maximum Gasteiger partial charge on any atom is 0.438 e. The van der Waals surface area contributed by atoms with E-state index in [4.69, 9.17) is 0 Å². The lowest BCUT2D eigenvalue weighted by Crippen LogP contribution is -2.36. The van der Waals surface area contributed by atoms with Gasteiger partial charge >= 0.3 is 17.8 Å². The van der Waals surface area contributed by atoms with Crippen molar-refractivity contribution in [2.24, 2.45) is 5.92 Å². The van der Waals surface area contributed by atoms with Crippen molar-refractivity contribution in [1.29, 1.82) is 0 Å². The molecule has 1 aromatic carbocycles. The van der Waals surface area contributed by atoms with Crippen LogP contribution in [0, 0.1) is 16.0 Å². The third kappa shape index (κ3) is 3.06. The average molecular weight is 358 g/mol. The van der Waals surface area contributed by atoms with Gasteiger partial charge in [-0.25, -0.2) is 4.79 Å². The number of nitrogens with zero attached hydrogens (tertiary/aromatic N) is 2. The van der Waals surface area contributed by atoms with Crippen LogP contribution in [0.3, 0.4) is 0 Å². The molecule has 10 heteroatoms. The van der Waals surface area contributed by atoms with E-state index in [2.05, 4.69) is 4.74 Å². The number of halogens is 3. The maximum absolute atomic E-state index is 13.3. The molecular formula is C15H13F3N2O5. The number of carbonyl (C=O) groups is 2. The van der Waals surface area contributed by atoms with Crippen LogP contribution in [0.1, 0.15) is 40.4 Å². The summed E-state index contributed by atoms with van der Waals surface area (Å²) in [5.41, 5.74) is -4.53. The minimum absolute atomic E-state index is 0.151.